The second kappa shape index (κ2) is 14.8. The van der Waals surface area contributed by atoms with Crippen LogP contribution in [-0.2, 0) is 4.79 Å². The molecule has 1 saturated heterocycles. The van der Waals surface area contributed by atoms with Crippen molar-refractivity contribution in [2.45, 2.75) is 65.7 Å². The molecule has 0 bridgehead atoms. The van der Waals surface area contributed by atoms with Crippen LogP contribution in [0.15, 0.2) is 4.99 Å². The predicted molar refractivity (Wildman–Crippen MR) is 113 cm³/mol. The summed E-state index contributed by atoms with van der Waals surface area (Å²) in [6, 6.07) is 0. The molecule has 2 N–H and O–H groups in total. The van der Waals surface area contributed by atoms with Gasteiger partial charge < -0.3 is 15.5 Å². The van der Waals surface area contributed by atoms with Crippen molar-refractivity contribution in [3.05, 3.63) is 0 Å². The molecule has 1 fully saturated rings. The Morgan fingerprint density at radius 3 is 2.58 bits per heavy atom. The number of nitrogens with zero attached hydrogens (tertiary/aromatic N) is 2. The normalized spacial score (nSPS) is 15.9. The third-order valence-electron chi connectivity index (χ3n) is 4.58. The molecule has 1 aliphatic heterocycles. The molecule has 1 amide bonds. The Kier molecular flexibility index (Phi) is 14.5. The number of hydrogen-bond donors (Lipinski definition) is 2. The molecular weight excluding hydrogens is 415 g/mol. The van der Waals surface area contributed by atoms with Gasteiger partial charge in [-0.2, -0.15) is 0 Å². The maximum absolute atomic E-state index is 12.0. The van der Waals surface area contributed by atoms with E-state index >= 15 is 0 Å². The van der Waals surface area contributed by atoms with Crippen molar-refractivity contribution in [1.82, 2.24) is 15.5 Å². The Bertz CT molecular complexity index is 359. The fourth-order valence-corrected chi connectivity index (χ4v) is 2.86. The maximum Gasteiger partial charge on any atom is 0.222 e. The van der Waals surface area contributed by atoms with Crippen LogP contribution in [0.1, 0.15) is 65.7 Å². The third-order valence-corrected chi connectivity index (χ3v) is 4.58. The molecule has 0 saturated carbocycles. The number of rotatable bonds is 9. The second-order valence-electron chi connectivity index (χ2n) is 6.37. The first-order chi connectivity index (χ1) is 11.2. The minimum atomic E-state index is 0. The van der Waals surface area contributed by atoms with Crippen LogP contribution in [-0.4, -0.2) is 49.5 Å². The van der Waals surface area contributed by atoms with E-state index in [0.717, 1.165) is 64.4 Å². The van der Waals surface area contributed by atoms with Gasteiger partial charge in [0.15, 0.2) is 5.96 Å². The molecule has 0 atom stereocenters. The summed E-state index contributed by atoms with van der Waals surface area (Å²) in [5.41, 5.74) is 0. The van der Waals surface area contributed by atoms with Crippen LogP contribution in [0.2, 0.25) is 0 Å². The first-order valence-electron chi connectivity index (χ1n) is 9.51. The first-order valence-corrected chi connectivity index (χ1v) is 9.51. The van der Waals surface area contributed by atoms with Gasteiger partial charge in [-0.3, -0.25) is 9.79 Å². The Hall–Kier alpha value is -0.530. The van der Waals surface area contributed by atoms with Gasteiger partial charge in [-0.1, -0.05) is 33.1 Å². The van der Waals surface area contributed by atoms with Crippen LogP contribution in [0.5, 0.6) is 0 Å². The number of carbonyl (C=O) groups is 1. The van der Waals surface area contributed by atoms with Crippen molar-refractivity contribution in [2.75, 3.05) is 32.7 Å². The molecule has 24 heavy (non-hydrogen) atoms. The van der Waals surface area contributed by atoms with Gasteiger partial charge in [0.25, 0.3) is 0 Å². The van der Waals surface area contributed by atoms with Crippen LogP contribution in [0, 0.1) is 5.92 Å². The summed E-state index contributed by atoms with van der Waals surface area (Å²) in [6.45, 7) is 10.9. The summed E-state index contributed by atoms with van der Waals surface area (Å²) in [5.74, 6) is 1.90. The minimum absolute atomic E-state index is 0. The van der Waals surface area contributed by atoms with Crippen molar-refractivity contribution >= 4 is 35.8 Å². The van der Waals surface area contributed by atoms with Crippen LogP contribution < -0.4 is 10.6 Å². The molecular formula is C18H37IN4O. The SMILES string of the molecule is CCNC(=NCC(CC)CC)NCCCN1CCCCCC1=O.I. The fourth-order valence-electron chi connectivity index (χ4n) is 2.86. The highest BCUT2D eigenvalue weighted by atomic mass is 127. The highest BCUT2D eigenvalue weighted by molar-refractivity contribution is 14.0. The number of likely N-dealkylation sites (tertiary alicyclic amines) is 1. The summed E-state index contributed by atoms with van der Waals surface area (Å²) in [6.07, 6.45) is 7.45. The van der Waals surface area contributed by atoms with Gasteiger partial charge in [0.05, 0.1) is 0 Å². The topological polar surface area (TPSA) is 56.7 Å². The number of nitrogens with one attached hydrogen (secondary N) is 2. The summed E-state index contributed by atoms with van der Waals surface area (Å²) < 4.78 is 0. The van der Waals surface area contributed by atoms with Crippen molar-refractivity contribution in [1.29, 1.82) is 0 Å². The van der Waals surface area contributed by atoms with Gasteiger partial charge >= 0.3 is 0 Å². The zero-order valence-electron chi connectivity index (χ0n) is 15.8. The number of carbonyl (C=O) groups excluding carboxylic acids is 1. The fraction of sp³-hybridized carbons (Fsp3) is 0.889. The number of guanidine groups is 1. The predicted octanol–water partition coefficient (Wildman–Crippen LogP) is 3.39. The van der Waals surface area contributed by atoms with E-state index in [2.05, 4.69) is 36.4 Å². The molecule has 0 aromatic rings. The monoisotopic (exact) mass is 452 g/mol. The van der Waals surface area contributed by atoms with Gasteiger partial charge in [0.2, 0.25) is 5.91 Å². The average Bonchev–Trinajstić information content (AvgIpc) is 2.76. The number of amides is 1. The largest absolute Gasteiger partial charge is 0.357 e. The van der Waals surface area contributed by atoms with E-state index < -0.39 is 0 Å². The van der Waals surface area contributed by atoms with Gasteiger partial charge in [0.1, 0.15) is 0 Å². The molecule has 5 nitrogen and oxygen atoms in total. The average molecular weight is 452 g/mol. The van der Waals surface area contributed by atoms with Gasteiger partial charge in [-0.25, -0.2) is 0 Å². The molecule has 0 aromatic carbocycles. The summed E-state index contributed by atoms with van der Waals surface area (Å²) in [4.78, 5) is 18.7. The minimum Gasteiger partial charge on any atom is -0.357 e. The van der Waals surface area contributed by atoms with Gasteiger partial charge in [-0.05, 0) is 32.1 Å². The quantitative estimate of drug-likeness (QED) is 0.244. The highest BCUT2D eigenvalue weighted by Crippen LogP contribution is 2.11. The Balaban J connectivity index is 0.00000529. The molecule has 0 spiro atoms. The molecule has 1 heterocycles. The molecule has 0 aromatic heterocycles. The van der Waals surface area contributed by atoms with Gasteiger partial charge in [-0.15, -0.1) is 24.0 Å². The Morgan fingerprint density at radius 1 is 1.17 bits per heavy atom. The van der Waals surface area contributed by atoms with Crippen LogP contribution in [0.3, 0.4) is 0 Å². The van der Waals surface area contributed by atoms with E-state index in [1.165, 1.54) is 19.3 Å². The van der Waals surface area contributed by atoms with E-state index in [1.54, 1.807) is 0 Å². The highest BCUT2D eigenvalue weighted by Gasteiger charge is 2.15. The lowest BCUT2D eigenvalue weighted by atomic mass is 10.0. The Labute approximate surface area is 165 Å². The van der Waals surface area contributed by atoms with Gasteiger partial charge in [0, 0.05) is 39.1 Å². The zero-order valence-corrected chi connectivity index (χ0v) is 18.1. The van der Waals surface area contributed by atoms with E-state index in [0.29, 0.717) is 11.8 Å². The maximum atomic E-state index is 12.0. The van der Waals surface area contributed by atoms with Crippen molar-refractivity contribution in [2.24, 2.45) is 10.9 Å². The third kappa shape index (κ3) is 9.69. The van der Waals surface area contributed by atoms with Crippen LogP contribution in [0.25, 0.3) is 0 Å². The first kappa shape index (κ1) is 23.5. The van der Waals surface area contributed by atoms with Crippen LogP contribution in [0.4, 0.5) is 0 Å². The molecule has 0 aliphatic carbocycles. The lowest BCUT2D eigenvalue weighted by Gasteiger charge is -2.21. The molecule has 0 unspecified atom stereocenters. The number of aliphatic imine (C=N–C) groups is 1. The lowest BCUT2D eigenvalue weighted by molar-refractivity contribution is -0.130. The standard InChI is InChI=1S/C18H36N4O.HI/c1-4-16(5-2)15-21-18(19-6-3)20-12-10-14-22-13-9-7-8-11-17(22)23;/h16H,4-15H2,1-3H3,(H2,19,20,21);1H. The Morgan fingerprint density at radius 2 is 1.92 bits per heavy atom. The van der Waals surface area contributed by atoms with E-state index in [9.17, 15) is 4.79 Å². The number of hydrogen-bond acceptors (Lipinski definition) is 2. The number of halogens is 1. The lowest BCUT2D eigenvalue weighted by Crippen LogP contribution is -2.39. The van der Waals surface area contributed by atoms with Crippen molar-refractivity contribution < 1.29 is 4.79 Å². The summed E-state index contributed by atoms with van der Waals surface area (Å²) in [5, 5.41) is 6.70. The van der Waals surface area contributed by atoms with Crippen molar-refractivity contribution in [3.8, 4) is 0 Å². The molecule has 0 radical (unpaired) electrons. The molecule has 142 valence electrons. The van der Waals surface area contributed by atoms with Crippen molar-refractivity contribution in [3.63, 3.8) is 0 Å². The summed E-state index contributed by atoms with van der Waals surface area (Å²) in [7, 11) is 0. The molecule has 1 aliphatic rings. The van der Waals surface area contributed by atoms with E-state index in [4.69, 9.17) is 0 Å². The van der Waals surface area contributed by atoms with E-state index in [-0.39, 0.29) is 24.0 Å². The zero-order chi connectivity index (χ0) is 16.9. The second-order valence-corrected chi connectivity index (χ2v) is 6.37. The smallest absolute Gasteiger partial charge is 0.222 e. The molecule has 1 rings (SSSR count). The molecule has 6 heteroatoms. The summed E-state index contributed by atoms with van der Waals surface area (Å²) >= 11 is 0. The van der Waals surface area contributed by atoms with Crippen LogP contribution >= 0.6 is 24.0 Å². The van der Waals surface area contributed by atoms with E-state index in [1.807, 2.05) is 4.90 Å².